The van der Waals surface area contributed by atoms with Gasteiger partial charge in [0.1, 0.15) is 24.6 Å². The molecular formula is C10H14N8NaO13P3. The molecule has 0 aliphatic carbocycles. The number of aliphatic hydroxyl groups is 2. The van der Waals surface area contributed by atoms with Crippen LogP contribution in [0.25, 0.3) is 21.6 Å². The Morgan fingerprint density at radius 2 is 1.86 bits per heavy atom. The second kappa shape index (κ2) is 11.1. The summed E-state index contributed by atoms with van der Waals surface area (Å²) in [5.41, 5.74) is 14.4. The number of nitrogens with two attached hydrogens (primary N) is 1. The Labute approximate surface area is 215 Å². The van der Waals surface area contributed by atoms with E-state index in [1.165, 1.54) is 0 Å². The summed E-state index contributed by atoms with van der Waals surface area (Å²) < 4.78 is 51.4. The minimum absolute atomic E-state index is 0. The molecule has 25 heteroatoms. The fourth-order valence-corrected chi connectivity index (χ4v) is 5.80. The van der Waals surface area contributed by atoms with Crippen molar-refractivity contribution in [3.8, 4) is 0 Å². The fourth-order valence-electron chi connectivity index (χ4n) is 2.81. The van der Waals surface area contributed by atoms with Gasteiger partial charge in [0.2, 0.25) is 5.95 Å². The van der Waals surface area contributed by atoms with Gasteiger partial charge in [-0.25, -0.2) is 28.4 Å². The van der Waals surface area contributed by atoms with Gasteiger partial charge in [0.05, 0.1) is 6.61 Å². The number of phosphoric acid groups is 3. The van der Waals surface area contributed by atoms with E-state index in [-0.39, 0.29) is 46.5 Å². The number of hydrogen-bond donors (Lipinski definition) is 6. The van der Waals surface area contributed by atoms with Gasteiger partial charge in [-0.3, -0.25) is 13.7 Å². The van der Waals surface area contributed by atoms with Crippen molar-refractivity contribution in [1.82, 2.24) is 19.5 Å². The standard InChI is InChI=1S/C10H15N8O13P3.Na/c11-7-4-8(14-2-13-7)18(10(15-4)16-17-12)9-6(20)5(19)3(29-9)1-28-33(24,25)31-34(26,27)30-32(21,22)23;/h2-3,5-6,9,19-20H,1H2,(H,24,25)(H,26,27)(H2,11,13,14)(H2,21,22,23);/q;+1/p-1. The SMILES string of the molecule is [N-]=[N+]=Nc1nc2c(N)ncnc2n1C1OC(COP(=O)(O)OP(=O)(O)OP(=O)([O-])O)C(O)C1O.[Na+]. The Morgan fingerprint density at radius 3 is 2.46 bits per heavy atom. The van der Waals surface area contributed by atoms with Crippen molar-refractivity contribution in [3.05, 3.63) is 16.8 Å². The second-order valence-corrected chi connectivity index (χ2v) is 10.7. The minimum Gasteiger partial charge on any atom is -0.756 e. The molecule has 7 unspecified atom stereocenters. The molecule has 1 fully saturated rings. The Bertz CT molecular complexity index is 1280. The van der Waals surface area contributed by atoms with E-state index in [9.17, 15) is 33.7 Å². The molecule has 0 amide bonds. The van der Waals surface area contributed by atoms with Crippen LogP contribution in [0.5, 0.6) is 0 Å². The molecule has 3 rings (SSSR count). The van der Waals surface area contributed by atoms with E-state index in [0.717, 1.165) is 10.9 Å². The van der Waals surface area contributed by atoms with Crippen molar-refractivity contribution in [2.45, 2.75) is 24.5 Å². The Kier molecular flexibility index (Phi) is 9.60. The van der Waals surface area contributed by atoms with Crippen LogP contribution in [0.15, 0.2) is 11.4 Å². The third kappa shape index (κ3) is 7.26. The zero-order chi connectivity index (χ0) is 25.5. The van der Waals surface area contributed by atoms with Crippen molar-refractivity contribution in [3.63, 3.8) is 0 Å². The molecule has 0 bridgehead atoms. The quantitative estimate of drug-likeness (QED) is 0.0545. The van der Waals surface area contributed by atoms with Crippen LogP contribution in [0.2, 0.25) is 0 Å². The molecule has 2 aromatic rings. The van der Waals surface area contributed by atoms with Crippen LogP contribution in [-0.2, 0) is 31.6 Å². The van der Waals surface area contributed by atoms with Gasteiger partial charge >= 0.3 is 45.2 Å². The smallest absolute Gasteiger partial charge is 0.756 e. The molecule has 0 radical (unpaired) electrons. The van der Waals surface area contributed by atoms with E-state index in [1.807, 2.05) is 0 Å². The summed E-state index contributed by atoms with van der Waals surface area (Å²) in [5.74, 6) is -0.520. The summed E-state index contributed by atoms with van der Waals surface area (Å²) in [6, 6.07) is 0. The van der Waals surface area contributed by atoms with E-state index in [4.69, 9.17) is 25.8 Å². The van der Waals surface area contributed by atoms with Gasteiger partial charge in [-0.05, 0) is 10.6 Å². The average Bonchev–Trinajstić information content (AvgIpc) is 3.16. The molecule has 7 atom stereocenters. The van der Waals surface area contributed by atoms with Gasteiger partial charge in [-0.1, -0.05) is 0 Å². The maximum atomic E-state index is 11.8. The van der Waals surface area contributed by atoms with Gasteiger partial charge in [0, 0.05) is 4.91 Å². The maximum absolute atomic E-state index is 11.8. The van der Waals surface area contributed by atoms with Crippen molar-refractivity contribution in [1.29, 1.82) is 0 Å². The maximum Gasteiger partial charge on any atom is 1.00 e. The largest absolute Gasteiger partial charge is 1.00 e. The van der Waals surface area contributed by atoms with Crippen LogP contribution >= 0.6 is 23.5 Å². The number of aromatic nitrogens is 4. The molecule has 35 heavy (non-hydrogen) atoms. The molecule has 1 aliphatic heterocycles. The molecule has 21 nitrogen and oxygen atoms in total. The van der Waals surface area contributed by atoms with Gasteiger partial charge < -0.3 is 40.3 Å². The van der Waals surface area contributed by atoms with Gasteiger partial charge in [0.15, 0.2) is 23.2 Å². The number of anilines is 1. The van der Waals surface area contributed by atoms with Crippen LogP contribution in [0.3, 0.4) is 0 Å². The number of aliphatic hydroxyl groups excluding tert-OH is 2. The third-order valence-corrected chi connectivity index (χ3v) is 7.80. The molecule has 188 valence electrons. The normalized spacial score (nSPS) is 27.3. The molecule has 1 saturated heterocycles. The molecule has 1 aliphatic rings. The number of nitrogens with zero attached hydrogens (tertiary/aromatic N) is 7. The topological polar surface area (TPSA) is 331 Å². The second-order valence-electron chi connectivity index (χ2n) is 6.31. The first-order chi connectivity index (χ1) is 15.6. The number of fused-ring (bicyclic) bond motifs is 1. The van der Waals surface area contributed by atoms with Gasteiger partial charge in [-0.15, -0.1) is 0 Å². The third-order valence-electron chi connectivity index (χ3n) is 4.03. The molecule has 7 N–H and O–H groups in total. The Morgan fingerprint density at radius 1 is 1.20 bits per heavy atom. The number of imidazole rings is 1. The van der Waals surface area contributed by atoms with Gasteiger partial charge in [0.25, 0.3) is 7.82 Å². The van der Waals surface area contributed by atoms with E-state index < -0.39 is 60.6 Å². The average molecular weight is 570 g/mol. The zero-order valence-corrected chi connectivity index (χ0v) is 21.8. The number of azide groups is 1. The molecule has 0 saturated carbocycles. The zero-order valence-electron chi connectivity index (χ0n) is 17.1. The molecule has 2 aromatic heterocycles. The number of hydrogen-bond acceptors (Lipinski definition) is 15. The number of phosphoric ester groups is 1. The van der Waals surface area contributed by atoms with E-state index >= 15 is 0 Å². The number of nitrogen functional groups attached to an aromatic ring is 1. The van der Waals surface area contributed by atoms with Crippen molar-refractivity contribution >= 4 is 46.4 Å². The predicted octanol–water partition coefficient (Wildman–Crippen LogP) is -4.32. The summed E-state index contributed by atoms with van der Waals surface area (Å²) in [4.78, 5) is 51.7. The van der Waals surface area contributed by atoms with Crippen LogP contribution in [0, 0.1) is 0 Å². The molecular weight excluding hydrogens is 556 g/mol. The molecule has 0 spiro atoms. The predicted molar refractivity (Wildman–Crippen MR) is 102 cm³/mol. The fraction of sp³-hybridized carbons (Fsp3) is 0.500. The Balaban J connectivity index is 0.00000432. The van der Waals surface area contributed by atoms with Crippen molar-refractivity contribution in [2.24, 2.45) is 5.11 Å². The summed E-state index contributed by atoms with van der Waals surface area (Å²) in [5, 5.41) is 24.0. The van der Waals surface area contributed by atoms with E-state index in [0.29, 0.717) is 0 Å². The summed E-state index contributed by atoms with van der Waals surface area (Å²) in [7, 11) is -17.2. The summed E-state index contributed by atoms with van der Waals surface area (Å²) in [6.45, 7) is -1.07. The van der Waals surface area contributed by atoms with Crippen molar-refractivity contribution in [2.75, 3.05) is 12.3 Å². The van der Waals surface area contributed by atoms with E-state index in [2.05, 4.69) is 38.1 Å². The van der Waals surface area contributed by atoms with Crippen LogP contribution in [0.4, 0.5) is 11.8 Å². The van der Waals surface area contributed by atoms with E-state index in [1.54, 1.807) is 0 Å². The summed E-state index contributed by atoms with van der Waals surface area (Å²) >= 11 is 0. The summed E-state index contributed by atoms with van der Waals surface area (Å²) in [6.07, 6.45) is -5.76. The van der Waals surface area contributed by atoms with Crippen molar-refractivity contribution < 1.29 is 90.9 Å². The van der Waals surface area contributed by atoms with Crippen LogP contribution in [-0.4, -0.2) is 69.3 Å². The molecule has 0 aromatic carbocycles. The number of rotatable bonds is 9. The van der Waals surface area contributed by atoms with Crippen LogP contribution in [0.1, 0.15) is 6.23 Å². The number of ether oxygens (including phenoxy) is 1. The van der Waals surface area contributed by atoms with Gasteiger partial charge in [-0.2, -0.15) is 4.31 Å². The molecule has 3 heterocycles. The van der Waals surface area contributed by atoms with Crippen LogP contribution < -0.4 is 40.2 Å². The first kappa shape index (κ1) is 30.2. The minimum atomic E-state index is -5.84. The Hall–Kier alpha value is -1.05. The monoisotopic (exact) mass is 570 g/mol. The first-order valence-electron chi connectivity index (χ1n) is 8.46. The first-order valence-corrected chi connectivity index (χ1v) is 12.9.